The van der Waals surface area contributed by atoms with Gasteiger partial charge in [-0.2, -0.15) is 0 Å². The first-order valence-electron chi connectivity index (χ1n) is 5.68. The van der Waals surface area contributed by atoms with Gasteiger partial charge in [-0.3, -0.25) is 4.99 Å². The molecule has 0 aliphatic heterocycles. The zero-order chi connectivity index (χ0) is 11.8. The van der Waals surface area contributed by atoms with Gasteiger partial charge in [-0.05, 0) is 30.6 Å². The molecule has 0 N–H and O–H groups in total. The summed E-state index contributed by atoms with van der Waals surface area (Å²) in [6, 6.07) is 10.1. The molecule has 0 fully saturated rings. The predicted octanol–water partition coefficient (Wildman–Crippen LogP) is 4.47. The Kier molecular flexibility index (Phi) is 5.27. The average molecular weight is 213 g/mol. The summed E-state index contributed by atoms with van der Waals surface area (Å²) < 4.78 is 0. The fourth-order valence-corrected chi connectivity index (χ4v) is 1.43. The van der Waals surface area contributed by atoms with E-state index < -0.39 is 0 Å². The van der Waals surface area contributed by atoms with Crippen LogP contribution < -0.4 is 0 Å². The Morgan fingerprint density at radius 1 is 1.31 bits per heavy atom. The minimum absolute atomic E-state index is 0.994. The first-order valence-corrected chi connectivity index (χ1v) is 5.68. The third kappa shape index (κ3) is 4.26. The van der Waals surface area contributed by atoms with Crippen molar-refractivity contribution in [2.45, 2.75) is 26.7 Å². The van der Waals surface area contributed by atoms with E-state index in [-0.39, 0.29) is 0 Å². The molecule has 0 unspecified atom stereocenters. The molecule has 0 spiro atoms. The van der Waals surface area contributed by atoms with Crippen LogP contribution in [-0.2, 0) is 0 Å². The van der Waals surface area contributed by atoms with E-state index >= 15 is 0 Å². The average Bonchev–Trinajstić information content (AvgIpc) is 2.30. The quantitative estimate of drug-likeness (QED) is 0.505. The zero-order valence-corrected chi connectivity index (χ0v) is 10.1. The second-order valence-electron chi connectivity index (χ2n) is 3.82. The number of aliphatic imine (C=N–C) groups is 1. The maximum Gasteiger partial charge on any atom is 0.0273 e. The van der Waals surface area contributed by atoms with Gasteiger partial charge in [0.15, 0.2) is 0 Å². The van der Waals surface area contributed by atoms with Gasteiger partial charge in [0.25, 0.3) is 0 Å². The number of hydrogen-bond acceptors (Lipinski definition) is 1. The van der Waals surface area contributed by atoms with Gasteiger partial charge in [0.2, 0.25) is 0 Å². The normalized spacial score (nSPS) is 12.0. The molecule has 1 nitrogen and oxygen atoms in total. The van der Waals surface area contributed by atoms with Gasteiger partial charge in [0, 0.05) is 11.9 Å². The van der Waals surface area contributed by atoms with E-state index in [1.54, 1.807) is 0 Å². The predicted molar refractivity (Wildman–Crippen MR) is 72.6 cm³/mol. The van der Waals surface area contributed by atoms with E-state index in [0.717, 1.165) is 24.0 Å². The van der Waals surface area contributed by atoms with Gasteiger partial charge >= 0.3 is 0 Å². The maximum absolute atomic E-state index is 4.35. The van der Waals surface area contributed by atoms with Crippen molar-refractivity contribution in [3.8, 4) is 0 Å². The number of rotatable bonds is 5. The standard InChI is InChI=1S/C15H19N/c1-4-8-14(3)16-12-11-13(2)15-9-6-5-7-10-15/h5-7,9-12H,2,4,8H2,1,3H3/b12-11-,16-14?. The highest BCUT2D eigenvalue weighted by Gasteiger charge is 1.91. The van der Waals surface area contributed by atoms with Gasteiger partial charge in [0.1, 0.15) is 0 Å². The Hall–Kier alpha value is -1.63. The minimum Gasteiger partial charge on any atom is -0.266 e. The van der Waals surface area contributed by atoms with Crippen LogP contribution in [0.3, 0.4) is 0 Å². The molecule has 0 atom stereocenters. The van der Waals surface area contributed by atoms with Crippen LogP contribution in [0, 0.1) is 0 Å². The molecule has 0 amide bonds. The van der Waals surface area contributed by atoms with Crippen LogP contribution in [0.25, 0.3) is 5.57 Å². The number of hydrogen-bond donors (Lipinski definition) is 0. The first-order chi connectivity index (χ1) is 7.74. The Morgan fingerprint density at radius 2 is 2.00 bits per heavy atom. The summed E-state index contributed by atoms with van der Waals surface area (Å²) >= 11 is 0. The zero-order valence-electron chi connectivity index (χ0n) is 10.1. The first kappa shape index (κ1) is 12.4. The lowest BCUT2D eigenvalue weighted by Gasteiger charge is -1.98. The van der Waals surface area contributed by atoms with Crippen LogP contribution in [0.2, 0.25) is 0 Å². The second kappa shape index (κ2) is 6.78. The van der Waals surface area contributed by atoms with Gasteiger partial charge < -0.3 is 0 Å². The summed E-state index contributed by atoms with van der Waals surface area (Å²) in [5.41, 5.74) is 3.30. The summed E-state index contributed by atoms with van der Waals surface area (Å²) in [6.45, 7) is 8.22. The molecule has 0 saturated heterocycles. The summed E-state index contributed by atoms with van der Waals surface area (Å²) in [7, 11) is 0. The van der Waals surface area contributed by atoms with Gasteiger partial charge in [-0.1, -0.05) is 50.3 Å². The molecule has 1 heteroatoms. The highest BCUT2D eigenvalue weighted by atomic mass is 14.7. The van der Waals surface area contributed by atoms with Crippen molar-refractivity contribution in [1.82, 2.24) is 0 Å². The van der Waals surface area contributed by atoms with E-state index in [4.69, 9.17) is 0 Å². The topological polar surface area (TPSA) is 12.4 Å². The molecule has 0 bridgehead atoms. The van der Waals surface area contributed by atoms with Gasteiger partial charge in [-0.25, -0.2) is 0 Å². The van der Waals surface area contributed by atoms with E-state index in [0.29, 0.717) is 0 Å². The molecule has 0 aromatic heterocycles. The fraction of sp³-hybridized carbons (Fsp3) is 0.267. The number of benzene rings is 1. The molecule has 0 heterocycles. The van der Waals surface area contributed by atoms with Crippen molar-refractivity contribution in [3.05, 3.63) is 54.8 Å². The fourth-order valence-electron chi connectivity index (χ4n) is 1.43. The molecule has 0 aliphatic rings. The summed E-state index contributed by atoms with van der Waals surface area (Å²) in [6.07, 6.45) is 5.99. The highest BCUT2D eigenvalue weighted by Crippen LogP contribution is 2.12. The summed E-state index contributed by atoms with van der Waals surface area (Å²) in [5, 5.41) is 0. The molecule has 1 aromatic rings. The second-order valence-corrected chi connectivity index (χ2v) is 3.82. The molecule has 16 heavy (non-hydrogen) atoms. The lowest BCUT2D eigenvalue weighted by atomic mass is 10.1. The van der Waals surface area contributed by atoms with Crippen molar-refractivity contribution in [2.75, 3.05) is 0 Å². The van der Waals surface area contributed by atoms with E-state index in [1.807, 2.05) is 30.5 Å². The molecule has 0 saturated carbocycles. The summed E-state index contributed by atoms with van der Waals surface area (Å²) in [5.74, 6) is 0. The van der Waals surface area contributed by atoms with Crippen LogP contribution in [0.1, 0.15) is 32.3 Å². The molecule has 84 valence electrons. The molecule has 1 rings (SSSR count). The van der Waals surface area contributed by atoms with E-state index in [1.165, 1.54) is 5.71 Å². The Bertz CT molecular complexity index is 385. The van der Waals surface area contributed by atoms with E-state index in [9.17, 15) is 0 Å². The Morgan fingerprint density at radius 3 is 2.62 bits per heavy atom. The summed E-state index contributed by atoms with van der Waals surface area (Å²) in [4.78, 5) is 4.35. The third-order valence-corrected chi connectivity index (χ3v) is 2.33. The van der Waals surface area contributed by atoms with Crippen LogP contribution in [0.4, 0.5) is 0 Å². The van der Waals surface area contributed by atoms with Crippen molar-refractivity contribution in [3.63, 3.8) is 0 Å². The van der Waals surface area contributed by atoms with Gasteiger partial charge in [0.05, 0.1) is 0 Å². The van der Waals surface area contributed by atoms with Gasteiger partial charge in [-0.15, -0.1) is 0 Å². The van der Waals surface area contributed by atoms with Crippen molar-refractivity contribution >= 4 is 11.3 Å². The largest absolute Gasteiger partial charge is 0.266 e. The van der Waals surface area contributed by atoms with E-state index in [2.05, 4.69) is 37.6 Å². The van der Waals surface area contributed by atoms with Crippen molar-refractivity contribution in [1.29, 1.82) is 0 Å². The van der Waals surface area contributed by atoms with Crippen LogP contribution in [0.5, 0.6) is 0 Å². The SMILES string of the molecule is C=C(/C=C\N=C(C)CCC)c1ccccc1. The molecule has 0 radical (unpaired) electrons. The minimum atomic E-state index is 0.994. The molecular formula is C15H19N. The Balaban J connectivity index is 2.59. The molecule has 0 aliphatic carbocycles. The van der Waals surface area contributed by atoms with Crippen LogP contribution in [-0.4, -0.2) is 5.71 Å². The molecular weight excluding hydrogens is 194 g/mol. The highest BCUT2D eigenvalue weighted by molar-refractivity contribution is 5.82. The maximum atomic E-state index is 4.35. The smallest absolute Gasteiger partial charge is 0.0273 e. The van der Waals surface area contributed by atoms with Crippen LogP contribution in [0.15, 0.2) is 54.2 Å². The van der Waals surface area contributed by atoms with Crippen LogP contribution >= 0.6 is 0 Å². The molecule has 1 aromatic carbocycles. The lowest BCUT2D eigenvalue weighted by molar-refractivity contribution is 0.987. The van der Waals surface area contributed by atoms with Crippen molar-refractivity contribution in [2.24, 2.45) is 4.99 Å². The third-order valence-electron chi connectivity index (χ3n) is 2.33. The lowest BCUT2D eigenvalue weighted by Crippen LogP contribution is -1.87. The van der Waals surface area contributed by atoms with Crippen molar-refractivity contribution < 1.29 is 0 Å². The monoisotopic (exact) mass is 213 g/mol. The number of allylic oxidation sites excluding steroid dienone is 2. The number of nitrogens with zero attached hydrogens (tertiary/aromatic N) is 1. The Labute approximate surface area is 98.2 Å².